The highest BCUT2D eigenvalue weighted by molar-refractivity contribution is 5.97. The summed E-state index contributed by atoms with van der Waals surface area (Å²) >= 11 is 0. The number of hydrogen-bond donors (Lipinski definition) is 0. The molecule has 0 unspecified atom stereocenters. The molecule has 1 aromatic heterocycles. The number of nitrogens with zero attached hydrogens (tertiary/aromatic N) is 2. The molecule has 2 atom stereocenters. The smallest absolute Gasteiger partial charge is 0.276 e. The van der Waals surface area contributed by atoms with Crippen molar-refractivity contribution in [3.63, 3.8) is 0 Å². The maximum Gasteiger partial charge on any atom is 0.276 e. The Kier molecular flexibility index (Phi) is 3.94. The Bertz CT molecular complexity index is 658. The minimum absolute atomic E-state index is 0.0196. The van der Waals surface area contributed by atoms with E-state index in [1.165, 1.54) is 18.5 Å². The van der Waals surface area contributed by atoms with Crippen LogP contribution in [0.3, 0.4) is 0 Å². The zero-order chi connectivity index (χ0) is 15.7. The first-order valence-electron chi connectivity index (χ1n) is 7.18. The average Bonchev–Trinajstić information content (AvgIpc) is 2.95. The van der Waals surface area contributed by atoms with Gasteiger partial charge < -0.3 is 14.1 Å². The molecule has 1 fully saturated rings. The number of amides is 1. The van der Waals surface area contributed by atoms with E-state index in [1.54, 1.807) is 17.0 Å². The predicted octanol–water partition coefficient (Wildman–Crippen LogP) is 2.73. The van der Waals surface area contributed by atoms with E-state index >= 15 is 0 Å². The molecule has 1 amide bonds. The highest BCUT2D eigenvalue weighted by Gasteiger charge is 2.30. The van der Waals surface area contributed by atoms with Crippen molar-refractivity contribution in [2.75, 3.05) is 13.1 Å². The van der Waals surface area contributed by atoms with E-state index in [2.05, 4.69) is 4.98 Å². The Morgan fingerprint density at radius 1 is 1.23 bits per heavy atom. The van der Waals surface area contributed by atoms with Crippen LogP contribution in [0.4, 0.5) is 4.39 Å². The second-order valence-corrected chi connectivity index (χ2v) is 5.50. The summed E-state index contributed by atoms with van der Waals surface area (Å²) in [7, 11) is 0. The second-order valence-electron chi connectivity index (χ2n) is 5.50. The van der Waals surface area contributed by atoms with Gasteiger partial charge in [-0.15, -0.1) is 0 Å². The largest absolute Gasteiger partial charge is 0.443 e. The molecule has 0 bridgehead atoms. The molecule has 0 N–H and O–H groups in total. The van der Waals surface area contributed by atoms with E-state index < -0.39 is 0 Å². The standard InChI is InChI=1S/C16H17FN2O3/c1-10-7-19(8-11(2)22-10)16(20)14-15(21-9-18-14)12-3-5-13(17)6-4-12/h3-6,9-11H,7-8H2,1-2H3/t10-,11+. The molecule has 1 aromatic carbocycles. The van der Waals surface area contributed by atoms with Crippen LogP contribution in [0.1, 0.15) is 24.3 Å². The summed E-state index contributed by atoms with van der Waals surface area (Å²) in [5, 5.41) is 0. The van der Waals surface area contributed by atoms with E-state index in [1.807, 2.05) is 13.8 Å². The predicted molar refractivity (Wildman–Crippen MR) is 77.8 cm³/mol. The van der Waals surface area contributed by atoms with E-state index in [0.29, 0.717) is 24.4 Å². The van der Waals surface area contributed by atoms with Gasteiger partial charge in [-0.25, -0.2) is 9.37 Å². The quantitative estimate of drug-likeness (QED) is 0.856. The fourth-order valence-electron chi connectivity index (χ4n) is 2.70. The van der Waals surface area contributed by atoms with Crippen molar-refractivity contribution in [3.8, 4) is 11.3 Å². The lowest BCUT2D eigenvalue weighted by atomic mass is 10.1. The van der Waals surface area contributed by atoms with E-state index in [-0.39, 0.29) is 29.6 Å². The first-order chi connectivity index (χ1) is 10.5. The lowest BCUT2D eigenvalue weighted by Crippen LogP contribution is -2.48. The molecule has 2 aromatic rings. The number of hydrogen-bond acceptors (Lipinski definition) is 4. The van der Waals surface area contributed by atoms with Crippen LogP contribution in [0.15, 0.2) is 35.1 Å². The summed E-state index contributed by atoms with van der Waals surface area (Å²) in [6.45, 7) is 4.89. The lowest BCUT2D eigenvalue weighted by Gasteiger charge is -2.35. The lowest BCUT2D eigenvalue weighted by molar-refractivity contribution is -0.0587. The van der Waals surface area contributed by atoms with Crippen LogP contribution in [0.25, 0.3) is 11.3 Å². The van der Waals surface area contributed by atoms with Gasteiger partial charge in [0.25, 0.3) is 5.91 Å². The topological polar surface area (TPSA) is 55.6 Å². The average molecular weight is 304 g/mol. The first-order valence-corrected chi connectivity index (χ1v) is 7.18. The molecule has 22 heavy (non-hydrogen) atoms. The molecule has 0 aliphatic carbocycles. The molecule has 5 nitrogen and oxygen atoms in total. The van der Waals surface area contributed by atoms with Crippen LogP contribution >= 0.6 is 0 Å². The molecule has 6 heteroatoms. The number of carbonyl (C=O) groups is 1. The Hall–Kier alpha value is -2.21. The number of morpholine rings is 1. The molecule has 0 spiro atoms. The van der Waals surface area contributed by atoms with Crippen LogP contribution < -0.4 is 0 Å². The van der Waals surface area contributed by atoms with Crippen LogP contribution in [-0.4, -0.2) is 41.1 Å². The van der Waals surface area contributed by atoms with Crippen LogP contribution in [0, 0.1) is 5.82 Å². The van der Waals surface area contributed by atoms with Crippen LogP contribution in [0.2, 0.25) is 0 Å². The minimum Gasteiger partial charge on any atom is -0.443 e. The summed E-state index contributed by atoms with van der Waals surface area (Å²) < 4.78 is 24.0. The van der Waals surface area contributed by atoms with Crippen molar-refractivity contribution < 1.29 is 18.3 Å². The van der Waals surface area contributed by atoms with Crippen molar-refractivity contribution in [2.45, 2.75) is 26.1 Å². The van der Waals surface area contributed by atoms with Gasteiger partial charge in [-0.2, -0.15) is 0 Å². The number of carbonyl (C=O) groups excluding carboxylic acids is 1. The zero-order valence-corrected chi connectivity index (χ0v) is 12.5. The second kappa shape index (κ2) is 5.88. The Balaban J connectivity index is 1.88. The number of benzene rings is 1. The molecule has 116 valence electrons. The number of ether oxygens (including phenoxy) is 1. The third-order valence-corrected chi connectivity index (χ3v) is 3.58. The summed E-state index contributed by atoms with van der Waals surface area (Å²) in [4.78, 5) is 18.4. The Labute approximate surface area is 127 Å². The van der Waals surface area contributed by atoms with Crippen molar-refractivity contribution >= 4 is 5.91 Å². The molecule has 0 saturated carbocycles. The maximum absolute atomic E-state index is 13.0. The molecular weight excluding hydrogens is 287 g/mol. The van der Waals surface area contributed by atoms with Crippen molar-refractivity contribution in [2.24, 2.45) is 0 Å². The summed E-state index contributed by atoms with van der Waals surface area (Å²) in [5.74, 6) is -0.182. The van der Waals surface area contributed by atoms with Crippen LogP contribution in [0.5, 0.6) is 0 Å². The highest BCUT2D eigenvalue weighted by atomic mass is 19.1. The van der Waals surface area contributed by atoms with Gasteiger partial charge in [0, 0.05) is 18.7 Å². The maximum atomic E-state index is 13.0. The third kappa shape index (κ3) is 2.87. The molecule has 2 heterocycles. The molecule has 1 aliphatic heterocycles. The molecule has 1 saturated heterocycles. The fourth-order valence-corrected chi connectivity index (χ4v) is 2.70. The van der Waals surface area contributed by atoms with Crippen molar-refractivity contribution in [1.29, 1.82) is 0 Å². The number of oxazole rings is 1. The van der Waals surface area contributed by atoms with Crippen molar-refractivity contribution in [3.05, 3.63) is 42.2 Å². The van der Waals surface area contributed by atoms with Gasteiger partial charge in [-0.3, -0.25) is 4.79 Å². The number of aromatic nitrogens is 1. The van der Waals surface area contributed by atoms with Gasteiger partial charge in [0.05, 0.1) is 12.2 Å². The normalized spacial score (nSPS) is 21.9. The van der Waals surface area contributed by atoms with Crippen molar-refractivity contribution in [1.82, 2.24) is 9.88 Å². The number of rotatable bonds is 2. The number of halogens is 1. The van der Waals surface area contributed by atoms with Gasteiger partial charge >= 0.3 is 0 Å². The van der Waals surface area contributed by atoms with Gasteiger partial charge in [-0.05, 0) is 38.1 Å². The summed E-state index contributed by atoms with van der Waals surface area (Å²) in [6.07, 6.45) is 1.20. The van der Waals surface area contributed by atoms with Gasteiger partial charge in [0.2, 0.25) is 0 Å². The van der Waals surface area contributed by atoms with E-state index in [0.717, 1.165) is 0 Å². The molecule has 1 aliphatic rings. The van der Waals surface area contributed by atoms with E-state index in [9.17, 15) is 9.18 Å². The fraction of sp³-hybridized carbons (Fsp3) is 0.375. The SMILES string of the molecule is C[C@@H]1CN(C(=O)c2ncoc2-c2ccc(F)cc2)C[C@H](C)O1. The molecular formula is C16H17FN2O3. The summed E-state index contributed by atoms with van der Waals surface area (Å²) in [5.41, 5.74) is 0.865. The molecule has 3 rings (SSSR count). The Morgan fingerprint density at radius 3 is 2.50 bits per heavy atom. The highest BCUT2D eigenvalue weighted by Crippen LogP contribution is 2.25. The third-order valence-electron chi connectivity index (χ3n) is 3.58. The molecule has 0 radical (unpaired) electrons. The van der Waals surface area contributed by atoms with Gasteiger partial charge in [0.15, 0.2) is 17.8 Å². The monoisotopic (exact) mass is 304 g/mol. The minimum atomic E-state index is -0.341. The van der Waals surface area contributed by atoms with Gasteiger partial charge in [-0.1, -0.05) is 0 Å². The van der Waals surface area contributed by atoms with Crippen LogP contribution in [-0.2, 0) is 4.74 Å². The summed E-state index contributed by atoms with van der Waals surface area (Å²) in [6, 6.07) is 5.78. The first kappa shape index (κ1) is 14.7. The Morgan fingerprint density at radius 2 is 1.86 bits per heavy atom. The van der Waals surface area contributed by atoms with Gasteiger partial charge in [0.1, 0.15) is 5.82 Å². The zero-order valence-electron chi connectivity index (χ0n) is 12.5. The van der Waals surface area contributed by atoms with E-state index in [4.69, 9.17) is 9.15 Å².